The number of nitrogens with zero attached hydrogens (tertiary/aromatic N) is 4. The van der Waals surface area contributed by atoms with Gasteiger partial charge in [-0.3, -0.25) is 9.79 Å². The molecular formula is C23H33N5O3. The molecule has 168 valence electrons. The number of guanidine groups is 1. The van der Waals surface area contributed by atoms with E-state index in [1.807, 2.05) is 37.8 Å². The van der Waals surface area contributed by atoms with Crippen LogP contribution in [0.2, 0.25) is 0 Å². The Morgan fingerprint density at radius 1 is 1.16 bits per heavy atom. The number of aliphatic imine (C=N–C) groups is 1. The molecule has 3 aliphatic heterocycles. The van der Waals surface area contributed by atoms with E-state index in [9.17, 15) is 9.59 Å². The van der Waals surface area contributed by atoms with Crippen LogP contribution < -0.4 is 10.2 Å². The van der Waals surface area contributed by atoms with Crippen LogP contribution in [0.1, 0.15) is 45.6 Å². The second-order valence-corrected chi connectivity index (χ2v) is 9.46. The van der Waals surface area contributed by atoms with E-state index >= 15 is 0 Å². The second-order valence-electron chi connectivity index (χ2n) is 9.46. The third kappa shape index (κ3) is 5.11. The molecule has 4 rings (SSSR count). The van der Waals surface area contributed by atoms with Crippen molar-refractivity contribution in [1.82, 2.24) is 15.1 Å². The standard InChI is InChI=1S/C23H33N5O3/c1-23(2,3)31-22(30)26-12-13-28-19(16-26)15-25-21(28)24-14-17-7-9-18(10-8-17)27-11-5-4-6-20(27)29/h7-10,19H,4-6,11-16H2,1-3H3,(H,24,25). The molecule has 0 saturated carbocycles. The van der Waals surface area contributed by atoms with Gasteiger partial charge >= 0.3 is 6.09 Å². The molecule has 3 heterocycles. The third-order valence-electron chi connectivity index (χ3n) is 5.88. The summed E-state index contributed by atoms with van der Waals surface area (Å²) in [4.78, 5) is 35.1. The molecule has 3 aliphatic rings. The highest BCUT2D eigenvalue weighted by atomic mass is 16.6. The molecule has 0 aliphatic carbocycles. The molecule has 2 fully saturated rings. The van der Waals surface area contributed by atoms with Crippen LogP contribution in [-0.4, -0.2) is 72.1 Å². The van der Waals surface area contributed by atoms with Crippen molar-refractivity contribution in [2.75, 3.05) is 37.6 Å². The number of hydrogen-bond donors (Lipinski definition) is 1. The maximum Gasteiger partial charge on any atom is 0.410 e. The predicted octanol–water partition coefficient (Wildman–Crippen LogP) is 2.58. The number of fused-ring (bicyclic) bond motifs is 1. The second kappa shape index (κ2) is 8.77. The molecule has 2 amide bonds. The zero-order chi connectivity index (χ0) is 22.0. The van der Waals surface area contributed by atoms with Crippen LogP contribution in [0.15, 0.2) is 29.3 Å². The van der Waals surface area contributed by atoms with E-state index in [4.69, 9.17) is 4.74 Å². The Bertz CT molecular complexity index is 846. The van der Waals surface area contributed by atoms with Crippen molar-refractivity contribution < 1.29 is 14.3 Å². The SMILES string of the molecule is CC(C)(C)OC(=O)N1CCN2C(NCc3ccc(N4CCCCC4=O)cc3)=NCC2C1. The number of amides is 2. The molecular weight excluding hydrogens is 394 g/mol. The van der Waals surface area contributed by atoms with Gasteiger partial charge in [-0.1, -0.05) is 12.1 Å². The summed E-state index contributed by atoms with van der Waals surface area (Å²) in [6.45, 7) is 9.82. The van der Waals surface area contributed by atoms with Gasteiger partial charge < -0.3 is 24.8 Å². The number of ether oxygens (including phenoxy) is 1. The summed E-state index contributed by atoms with van der Waals surface area (Å²) in [5, 5.41) is 3.45. The lowest BCUT2D eigenvalue weighted by molar-refractivity contribution is -0.119. The summed E-state index contributed by atoms with van der Waals surface area (Å²) in [7, 11) is 0. The zero-order valence-electron chi connectivity index (χ0n) is 18.8. The first-order valence-corrected chi connectivity index (χ1v) is 11.2. The Labute approximate surface area is 184 Å². The molecule has 8 nitrogen and oxygen atoms in total. The Balaban J connectivity index is 1.28. The summed E-state index contributed by atoms with van der Waals surface area (Å²) in [5.41, 5.74) is 1.64. The number of piperazine rings is 1. The Morgan fingerprint density at radius 2 is 1.94 bits per heavy atom. The quantitative estimate of drug-likeness (QED) is 0.802. The molecule has 1 unspecified atom stereocenters. The molecule has 0 radical (unpaired) electrons. The number of carbonyl (C=O) groups excluding carboxylic acids is 2. The van der Waals surface area contributed by atoms with Gasteiger partial charge in [0.05, 0.1) is 12.6 Å². The highest BCUT2D eigenvalue weighted by Crippen LogP contribution is 2.22. The summed E-state index contributed by atoms with van der Waals surface area (Å²) < 4.78 is 5.51. The third-order valence-corrected chi connectivity index (χ3v) is 5.88. The summed E-state index contributed by atoms with van der Waals surface area (Å²) in [5.74, 6) is 1.11. The van der Waals surface area contributed by atoms with Gasteiger partial charge in [-0.2, -0.15) is 0 Å². The lowest BCUT2D eigenvalue weighted by atomic mass is 10.1. The first-order valence-electron chi connectivity index (χ1n) is 11.2. The first-order chi connectivity index (χ1) is 14.8. The van der Waals surface area contributed by atoms with Crippen LogP contribution in [0.3, 0.4) is 0 Å². The van der Waals surface area contributed by atoms with E-state index in [1.165, 1.54) is 0 Å². The molecule has 1 atom stereocenters. The fraction of sp³-hybridized carbons (Fsp3) is 0.609. The van der Waals surface area contributed by atoms with Crippen LogP contribution in [0.5, 0.6) is 0 Å². The summed E-state index contributed by atoms with van der Waals surface area (Å²) >= 11 is 0. The van der Waals surface area contributed by atoms with E-state index in [-0.39, 0.29) is 18.0 Å². The monoisotopic (exact) mass is 427 g/mol. The number of rotatable bonds is 3. The number of piperidine rings is 1. The number of benzene rings is 1. The van der Waals surface area contributed by atoms with Gasteiger partial charge in [0.1, 0.15) is 5.60 Å². The minimum Gasteiger partial charge on any atom is -0.444 e. The topological polar surface area (TPSA) is 77.5 Å². The molecule has 8 heteroatoms. The lowest BCUT2D eigenvalue weighted by Gasteiger charge is -2.39. The van der Waals surface area contributed by atoms with Gasteiger partial charge in [-0.15, -0.1) is 0 Å². The number of hydrogen-bond acceptors (Lipinski definition) is 6. The van der Waals surface area contributed by atoms with Crippen LogP contribution in [0.25, 0.3) is 0 Å². The fourth-order valence-electron chi connectivity index (χ4n) is 4.28. The maximum atomic E-state index is 12.4. The van der Waals surface area contributed by atoms with E-state index in [2.05, 4.69) is 27.3 Å². The molecule has 0 spiro atoms. The molecule has 0 aromatic heterocycles. The van der Waals surface area contributed by atoms with Crippen molar-refractivity contribution in [3.05, 3.63) is 29.8 Å². The largest absolute Gasteiger partial charge is 0.444 e. The van der Waals surface area contributed by atoms with Gasteiger partial charge in [-0.25, -0.2) is 4.79 Å². The van der Waals surface area contributed by atoms with Gasteiger partial charge in [-0.05, 0) is 51.3 Å². The van der Waals surface area contributed by atoms with Gasteiger partial charge in [0.15, 0.2) is 5.96 Å². The highest BCUT2D eigenvalue weighted by Gasteiger charge is 2.36. The van der Waals surface area contributed by atoms with Crippen molar-refractivity contribution >= 4 is 23.6 Å². The Morgan fingerprint density at radius 3 is 2.65 bits per heavy atom. The normalized spacial score (nSPS) is 21.6. The van der Waals surface area contributed by atoms with E-state index < -0.39 is 5.60 Å². The van der Waals surface area contributed by atoms with Crippen LogP contribution in [-0.2, 0) is 16.1 Å². The van der Waals surface area contributed by atoms with Crippen molar-refractivity contribution in [2.24, 2.45) is 4.99 Å². The molecule has 1 aromatic rings. The fourth-order valence-corrected chi connectivity index (χ4v) is 4.28. The summed E-state index contributed by atoms with van der Waals surface area (Å²) in [6, 6.07) is 8.38. The minimum atomic E-state index is -0.482. The number of nitrogens with one attached hydrogen (secondary N) is 1. The molecule has 2 saturated heterocycles. The molecule has 0 bridgehead atoms. The van der Waals surface area contributed by atoms with Gasteiger partial charge in [0.2, 0.25) is 5.91 Å². The first kappa shape index (κ1) is 21.5. The number of anilines is 1. The van der Waals surface area contributed by atoms with E-state index in [0.29, 0.717) is 32.6 Å². The Kier molecular flexibility index (Phi) is 6.07. The van der Waals surface area contributed by atoms with Crippen molar-refractivity contribution in [3.63, 3.8) is 0 Å². The predicted molar refractivity (Wildman–Crippen MR) is 120 cm³/mol. The molecule has 31 heavy (non-hydrogen) atoms. The average Bonchev–Trinajstić information content (AvgIpc) is 3.14. The smallest absolute Gasteiger partial charge is 0.410 e. The number of carbonyl (C=O) groups is 2. The van der Waals surface area contributed by atoms with Gasteiger partial charge in [0.25, 0.3) is 0 Å². The Hall–Kier alpha value is -2.77. The maximum absolute atomic E-state index is 12.4. The zero-order valence-corrected chi connectivity index (χ0v) is 18.8. The van der Waals surface area contributed by atoms with Crippen molar-refractivity contribution in [2.45, 2.75) is 58.2 Å². The van der Waals surface area contributed by atoms with Gasteiger partial charge in [0, 0.05) is 44.8 Å². The van der Waals surface area contributed by atoms with Crippen LogP contribution in [0, 0.1) is 0 Å². The van der Waals surface area contributed by atoms with Crippen LogP contribution >= 0.6 is 0 Å². The molecule has 1 N–H and O–H groups in total. The van der Waals surface area contributed by atoms with Crippen molar-refractivity contribution in [3.8, 4) is 0 Å². The average molecular weight is 428 g/mol. The van der Waals surface area contributed by atoms with Crippen molar-refractivity contribution in [1.29, 1.82) is 0 Å². The van der Waals surface area contributed by atoms with Crippen LogP contribution in [0.4, 0.5) is 10.5 Å². The highest BCUT2D eigenvalue weighted by molar-refractivity contribution is 5.94. The lowest BCUT2D eigenvalue weighted by Crippen LogP contribution is -2.57. The summed E-state index contributed by atoms with van der Waals surface area (Å²) in [6.07, 6.45) is 2.45. The minimum absolute atomic E-state index is 0.191. The van der Waals surface area contributed by atoms with E-state index in [1.54, 1.807) is 4.90 Å². The molecule has 1 aromatic carbocycles. The van der Waals surface area contributed by atoms with E-state index in [0.717, 1.165) is 43.1 Å².